The Bertz CT molecular complexity index is 577. The number of amides is 3. The van der Waals surface area contributed by atoms with E-state index in [9.17, 15) is 24.3 Å². The Balaban J connectivity index is 5.38. The van der Waals surface area contributed by atoms with Crippen molar-refractivity contribution in [2.24, 2.45) is 11.7 Å². The van der Waals surface area contributed by atoms with Crippen molar-refractivity contribution >= 4 is 47.2 Å². The number of carbonyl (C=O) groups is 4. The molecule has 11 heteroatoms. The molecule has 0 saturated heterocycles. The van der Waals surface area contributed by atoms with Crippen molar-refractivity contribution in [2.45, 2.75) is 64.2 Å². The van der Waals surface area contributed by atoms with Crippen LogP contribution in [0.2, 0.25) is 0 Å². The molecule has 174 valence electrons. The minimum Gasteiger partial charge on any atom is -0.480 e. The van der Waals surface area contributed by atoms with E-state index in [1.807, 2.05) is 19.4 Å². The van der Waals surface area contributed by atoms with Gasteiger partial charge >= 0.3 is 5.97 Å². The number of nitrogens with one attached hydrogen (secondary N) is 3. The molecule has 5 unspecified atom stereocenters. The van der Waals surface area contributed by atoms with Crippen LogP contribution in [0, 0.1) is 5.92 Å². The summed E-state index contributed by atoms with van der Waals surface area (Å²) in [6, 6.07) is -3.54. The van der Waals surface area contributed by atoms with Gasteiger partial charge < -0.3 is 26.8 Å². The Morgan fingerprint density at radius 2 is 1.37 bits per heavy atom. The Morgan fingerprint density at radius 1 is 0.867 bits per heavy atom. The number of hydrogen-bond donors (Lipinski definition) is 5. The zero-order chi connectivity index (χ0) is 23.3. The van der Waals surface area contributed by atoms with Crippen LogP contribution in [0.5, 0.6) is 0 Å². The molecule has 0 aromatic heterocycles. The van der Waals surface area contributed by atoms with E-state index < -0.39 is 47.9 Å². The average molecular weight is 465 g/mol. The molecule has 0 fully saturated rings. The second-order valence-corrected chi connectivity index (χ2v) is 9.16. The van der Waals surface area contributed by atoms with Crippen molar-refractivity contribution in [3.8, 4) is 0 Å². The van der Waals surface area contributed by atoms with E-state index in [-0.39, 0.29) is 12.3 Å². The molecule has 0 radical (unpaired) electrons. The van der Waals surface area contributed by atoms with Crippen molar-refractivity contribution in [2.75, 3.05) is 24.0 Å². The SMILES string of the molecule is CCC(C)C(NC(=O)C(CCSC)NC(=O)C(C)N)C(=O)NC(CCSC)C(=O)O. The van der Waals surface area contributed by atoms with E-state index in [0.29, 0.717) is 24.3 Å². The standard InChI is InChI=1S/C19H36N4O5S2/c1-6-11(2)15(18(26)22-14(19(27)28)8-10-30-5)23-17(25)13(7-9-29-4)21-16(24)12(3)20/h11-15H,6-10,20H2,1-5H3,(H,21,24)(H,22,26)(H,23,25)(H,27,28). The van der Waals surface area contributed by atoms with Crippen LogP contribution in [0.1, 0.15) is 40.0 Å². The Labute approximate surface area is 187 Å². The summed E-state index contributed by atoms with van der Waals surface area (Å²) in [6.07, 6.45) is 5.01. The maximum absolute atomic E-state index is 12.9. The summed E-state index contributed by atoms with van der Waals surface area (Å²) in [4.78, 5) is 49.1. The van der Waals surface area contributed by atoms with Gasteiger partial charge in [0.15, 0.2) is 0 Å². The fourth-order valence-electron chi connectivity index (χ4n) is 2.52. The van der Waals surface area contributed by atoms with Crippen LogP contribution in [-0.4, -0.2) is 77.0 Å². The summed E-state index contributed by atoms with van der Waals surface area (Å²) in [5.74, 6) is -1.63. The molecular formula is C19H36N4O5S2. The Hall–Kier alpha value is -1.46. The van der Waals surface area contributed by atoms with Crippen LogP contribution in [-0.2, 0) is 19.2 Å². The molecule has 0 bridgehead atoms. The molecule has 0 spiro atoms. The lowest BCUT2D eigenvalue weighted by Crippen LogP contribution is -2.58. The third-order valence-electron chi connectivity index (χ3n) is 4.68. The number of carbonyl (C=O) groups excluding carboxylic acids is 3. The average Bonchev–Trinajstić information content (AvgIpc) is 2.70. The van der Waals surface area contributed by atoms with Gasteiger partial charge in [-0.2, -0.15) is 23.5 Å². The number of aliphatic carboxylic acids is 1. The monoisotopic (exact) mass is 464 g/mol. The first-order valence-corrected chi connectivity index (χ1v) is 12.7. The normalized spacial score (nSPS) is 15.9. The van der Waals surface area contributed by atoms with Crippen molar-refractivity contribution in [1.29, 1.82) is 0 Å². The number of thioether (sulfide) groups is 2. The lowest BCUT2D eigenvalue weighted by molar-refractivity contribution is -0.142. The van der Waals surface area contributed by atoms with Gasteiger partial charge in [0.1, 0.15) is 18.1 Å². The highest BCUT2D eigenvalue weighted by Gasteiger charge is 2.32. The number of carboxylic acid groups (broad SMARTS) is 1. The van der Waals surface area contributed by atoms with Crippen LogP contribution < -0.4 is 21.7 Å². The maximum Gasteiger partial charge on any atom is 0.326 e. The first-order chi connectivity index (χ1) is 14.1. The van der Waals surface area contributed by atoms with Gasteiger partial charge in [0.05, 0.1) is 6.04 Å². The number of carboxylic acids is 1. The molecule has 30 heavy (non-hydrogen) atoms. The summed E-state index contributed by atoms with van der Waals surface area (Å²) in [5, 5.41) is 17.2. The van der Waals surface area contributed by atoms with E-state index in [1.54, 1.807) is 6.92 Å². The predicted molar refractivity (Wildman–Crippen MR) is 123 cm³/mol. The van der Waals surface area contributed by atoms with Gasteiger partial charge in [0.25, 0.3) is 0 Å². The third kappa shape index (κ3) is 10.5. The minimum atomic E-state index is -1.12. The largest absolute Gasteiger partial charge is 0.480 e. The van der Waals surface area contributed by atoms with Crippen molar-refractivity contribution in [3.05, 3.63) is 0 Å². The Kier molecular flexibility index (Phi) is 14.6. The molecule has 0 aromatic rings. The zero-order valence-corrected chi connectivity index (χ0v) is 20.0. The van der Waals surface area contributed by atoms with Crippen LogP contribution in [0.3, 0.4) is 0 Å². The topological polar surface area (TPSA) is 151 Å². The molecule has 0 aromatic carbocycles. The molecule has 6 N–H and O–H groups in total. The van der Waals surface area contributed by atoms with Crippen molar-refractivity contribution in [3.63, 3.8) is 0 Å². The molecule has 9 nitrogen and oxygen atoms in total. The van der Waals surface area contributed by atoms with Gasteiger partial charge in [-0.3, -0.25) is 14.4 Å². The van der Waals surface area contributed by atoms with Crippen molar-refractivity contribution < 1.29 is 24.3 Å². The second kappa shape index (κ2) is 15.4. The lowest BCUT2D eigenvalue weighted by atomic mass is 9.97. The van der Waals surface area contributed by atoms with E-state index >= 15 is 0 Å². The van der Waals surface area contributed by atoms with E-state index in [0.717, 1.165) is 0 Å². The highest BCUT2D eigenvalue weighted by molar-refractivity contribution is 7.98. The summed E-state index contributed by atoms with van der Waals surface area (Å²) < 4.78 is 0. The smallest absolute Gasteiger partial charge is 0.326 e. The fraction of sp³-hybridized carbons (Fsp3) is 0.789. The summed E-state index contributed by atoms with van der Waals surface area (Å²) in [6.45, 7) is 5.21. The molecule has 0 aliphatic heterocycles. The molecule has 0 aliphatic rings. The first-order valence-electron chi connectivity index (χ1n) is 9.96. The molecule has 5 atom stereocenters. The summed E-state index contributed by atoms with van der Waals surface area (Å²) in [7, 11) is 0. The molecule has 0 heterocycles. The van der Waals surface area contributed by atoms with Crippen LogP contribution in [0.4, 0.5) is 0 Å². The summed E-state index contributed by atoms with van der Waals surface area (Å²) >= 11 is 3.02. The highest BCUT2D eigenvalue weighted by Crippen LogP contribution is 2.11. The van der Waals surface area contributed by atoms with Gasteiger partial charge in [0.2, 0.25) is 17.7 Å². The quantitative estimate of drug-likeness (QED) is 0.234. The van der Waals surface area contributed by atoms with E-state index in [1.165, 1.54) is 30.4 Å². The third-order valence-corrected chi connectivity index (χ3v) is 5.96. The van der Waals surface area contributed by atoms with Gasteiger partial charge in [-0.15, -0.1) is 0 Å². The number of rotatable bonds is 15. The molecule has 3 amide bonds. The van der Waals surface area contributed by atoms with Crippen molar-refractivity contribution in [1.82, 2.24) is 16.0 Å². The molecule has 0 rings (SSSR count). The molecule has 0 saturated carbocycles. The minimum absolute atomic E-state index is 0.228. The van der Waals surface area contributed by atoms with E-state index in [4.69, 9.17) is 5.73 Å². The van der Waals surface area contributed by atoms with Gasteiger partial charge in [-0.1, -0.05) is 20.3 Å². The van der Waals surface area contributed by atoms with Gasteiger partial charge in [-0.25, -0.2) is 4.79 Å². The van der Waals surface area contributed by atoms with E-state index in [2.05, 4.69) is 16.0 Å². The highest BCUT2D eigenvalue weighted by atomic mass is 32.2. The zero-order valence-electron chi connectivity index (χ0n) is 18.4. The number of nitrogens with two attached hydrogens (primary N) is 1. The fourth-order valence-corrected chi connectivity index (χ4v) is 3.46. The van der Waals surface area contributed by atoms with Crippen LogP contribution in [0.15, 0.2) is 0 Å². The Morgan fingerprint density at radius 3 is 1.80 bits per heavy atom. The number of hydrogen-bond acceptors (Lipinski definition) is 7. The second-order valence-electron chi connectivity index (χ2n) is 7.18. The maximum atomic E-state index is 12.9. The predicted octanol–water partition coefficient (Wildman–Crippen LogP) is 0.425. The van der Waals surface area contributed by atoms with Gasteiger partial charge in [-0.05, 0) is 49.7 Å². The summed E-state index contributed by atoms with van der Waals surface area (Å²) in [5.41, 5.74) is 5.58. The molecular weight excluding hydrogens is 428 g/mol. The first kappa shape index (κ1) is 28.5. The van der Waals surface area contributed by atoms with Crippen LogP contribution >= 0.6 is 23.5 Å². The van der Waals surface area contributed by atoms with Gasteiger partial charge in [0, 0.05) is 0 Å². The lowest BCUT2D eigenvalue weighted by Gasteiger charge is -2.28. The van der Waals surface area contributed by atoms with Crippen LogP contribution in [0.25, 0.3) is 0 Å². The molecule has 0 aliphatic carbocycles.